The third kappa shape index (κ3) is 5.60. The number of halogens is 1. The highest BCUT2D eigenvalue weighted by molar-refractivity contribution is 7.89. The van der Waals surface area contributed by atoms with Crippen molar-refractivity contribution in [3.8, 4) is 11.1 Å². The minimum Gasteiger partial charge on any atom is -0.374 e. The van der Waals surface area contributed by atoms with Crippen molar-refractivity contribution in [2.75, 3.05) is 23.7 Å². The van der Waals surface area contributed by atoms with Crippen LogP contribution in [-0.4, -0.2) is 37.8 Å². The number of carbonyl (C=O) groups excluding carboxylic acids is 1. The van der Waals surface area contributed by atoms with Crippen LogP contribution in [0.25, 0.3) is 11.1 Å². The Hall–Kier alpha value is -2.87. The maximum atomic E-state index is 13.0. The molecule has 0 bridgehead atoms. The van der Waals surface area contributed by atoms with Gasteiger partial charge in [-0.05, 0) is 61.2 Å². The van der Waals surface area contributed by atoms with E-state index in [0.717, 1.165) is 36.1 Å². The molecule has 178 valence electrons. The smallest absolute Gasteiger partial charge is 0.246 e. The van der Waals surface area contributed by atoms with Crippen LogP contribution in [0.1, 0.15) is 26.2 Å². The van der Waals surface area contributed by atoms with Gasteiger partial charge in [0.05, 0.1) is 15.6 Å². The number of rotatable bonds is 7. The molecule has 3 aromatic rings. The summed E-state index contributed by atoms with van der Waals surface area (Å²) in [5, 5.41) is 6.22. The molecule has 0 aliphatic carbocycles. The highest BCUT2D eigenvalue weighted by Crippen LogP contribution is 2.29. The molecule has 4 rings (SSSR count). The summed E-state index contributed by atoms with van der Waals surface area (Å²) < 4.78 is 27.5. The van der Waals surface area contributed by atoms with Gasteiger partial charge in [0.1, 0.15) is 6.04 Å². The Kier molecular flexibility index (Phi) is 7.56. The second-order valence-corrected chi connectivity index (χ2v) is 10.8. The maximum Gasteiger partial charge on any atom is 0.246 e. The van der Waals surface area contributed by atoms with Crippen LogP contribution in [0.3, 0.4) is 0 Å². The highest BCUT2D eigenvalue weighted by Gasteiger charge is 2.27. The zero-order valence-electron chi connectivity index (χ0n) is 19.0. The SMILES string of the molecule is CC(Nc1ccc(-c2ccccc2)cc1)C(=O)Nc1cc(S(=O)(=O)N2CCCCC2)ccc1Cl. The van der Waals surface area contributed by atoms with Crippen molar-refractivity contribution in [2.24, 2.45) is 0 Å². The van der Waals surface area contributed by atoms with E-state index in [1.165, 1.54) is 22.5 Å². The monoisotopic (exact) mass is 497 g/mol. The van der Waals surface area contributed by atoms with Crippen LogP contribution in [-0.2, 0) is 14.8 Å². The van der Waals surface area contributed by atoms with Crippen LogP contribution < -0.4 is 10.6 Å². The molecule has 1 unspecified atom stereocenters. The average Bonchev–Trinajstić information content (AvgIpc) is 2.86. The van der Waals surface area contributed by atoms with Crippen LogP contribution in [0.2, 0.25) is 5.02 Å². The van der Waals surface area contributed by atoms with Crippen molar-refractivity contribution in [3.05, 3.63) is 77.8 Å². The summed E-state index contributed by atoms with van der Waals surface area (Å²) in [4.78, 5) is 13.0. The first-order chi connectivity index (χ1) is 16.3. The molecular weight excluding hydrogens is 470 g/mol. The molecule has 0 aromatic heterocycles. The fraction of sp³-hybridized carbons (Fsp3) is 0.269. The van der Waals surface area contributed by atoms with E-state index in [0.29, 0.717) is 13.1 Å². The van der Waals surface area contributed by atoms with Crippen molar-refractivity contribution in [3.63, 3.8) is 0 Å². The van der Waals surface area contributed by atoms with Gasteiger partial charge in [-0.3, -0.25) is 4.79 Å². The van der Waals surface area contributed by atoms with Gasteiger partial charge in [-0.2, -0.15) is 4.31 Å². The van der Waals surface area contributed by atoms with Gasteiger partial charge >= 0.3 is 0 Å². The molecule has 0 spiro atoms. The third-order valence-corrected chi connectivity index (χ3v) is 8.14. The predicted octanol–water partition coefficient (Wildman–Crippen LogP) is 5.62. The maximum absolute atomic E-state index is 13.0. The topological polar surface area (TPSA) is 78.5 Å². The predicted molar refractivity (Wildman–Crippen MR) is 138 cm³/mol. The Bertz CT molecular complexity index is 1240. The zero-order valence-corrected chi connectivity index (χ0v) is 20.6. The molecule has 3 aromatic carbocycles. The molecule has 8 heteroatoms. The Balaban J connectivity index is 1.43. The quantitative estimate of drug-likeness (QED) is 0.444. The molecular formula is C26H28ClN3O3S. The number of anilines is 2. The Morgan fingerprint density at radius 3 is 2.24 bits per heavy atom. The number of carbonyl (C=O) groups is 1. The molecule has 1 amide bonds. The molecule has 0 radical (unpaired) electrons. The summed E-state index contributed by atoms with van der Waals surface area (Å²) in [6.45, 7) is 2.76. The fourth-order valence-corrected chi connectivity index (χ4v) is 5.67. The van der Waals surface area contributed by atoms with Crippen LogP contribution in [0.15, 0.2) is 77.7 Å². The molecule has 1 aliphatic heterocycles. The summed E-state index contributed by atoms with van der Waals surface area (Å²) >= 11 is 6.27. The summed E-state index contributed by atoms with van der Waals surface area (Å²) in [6, 6.07) is 21.7. The lowest BCUT2D eigenvalue weighted by Gasteiger charge is -2.26. The van der Waals surface area contributed by atoms with Gasteiger partial charge < -0.3 is 10.6 Å². The summed E-state index contributed by atoms with van der Waals surface area (Å²) in [5.74, 6) is -0.318. The van der Waals surface area contributed by atoms with Gasteiger partial charge in [0, 0.05) is 18.8 Å². The van der Waals surface area contributed by atoms with Gasteiger partial charge in [0.25, 0.3) is 0 Å². The van der Waals surface area contributed by atoms with Crippen LogP contribution >= 0.6 is 11.6 Å². The van der Waals surface area contributed by atoms with Crippen LogP contribution in [0.4, 0.5) is 11.4 Å². The first-order valence-corrected chi connectivity index (χ1v) is 13.2. The van der Waals surface area contributed by atoms with E-state index in [-0.39, 0.29) is 21.5 Å². The molecule has 2 N–H and O–H groups in total. The Labute approximate surface area is 206 Å². The molecule has 0 saturated carbocycles. The van der Waals surface area contributed by atoms with Gasteiger partial charge in [-0.1, -0.05) is 60.5 Å². The van der Waals surface area contributed by atoms with Crippen molar-refractivity contribution < 1.29 is 13.2 Å². The fourth-order valence-electron chi connectivity index (χ4n) is 3.96. The second-order valence-electron chi connectivity index (χ2n) is 8.41. The molecule has 1 aliphatic rings. The van der Waals surface area contributed by atoms with Gasteiger partial charge in [0.2, 0.25) is 15.9 Å². The van der Waals surface area contributed by atoms with Crippen LogP contribution in [0.5, 0.6) is 0 Å². The molecule has 1 fully saturated rings. The first kappa shape index (κ1) is 24.3. The van der Waals surface area contributed by atoms with Crippen molar-refractivity contribution in [1.82, 2.24) is 4.31 Å². The lowest BCUT2D eigenvalue weighted by Crippen LogP contribution is -2.35. The van der Waals surface area contributed by atoms with E-state index in [9.17, 15) is 13.2 Å². The van der Waals surface area contributed by atoms with E-state index in [4.69, 9.17) is 11.6 Å². The largest absolute Gasteiger partial charge is 0.374 e. The number of sulfonamides is 1. The number of hydrogen-bond donors (Lipinski definition) is 2. The third-order valence-electron chi connectivity index (χ3n) is 5.92. The Morgan fingerprint density at radius 1 is 0.912 bits per heavy atom. The summed E-state index contributed by atoms with van der Waals surface area (Å²) in [7, 11) is -3.63. The van der Waals surface area contributed by atoms with E-state index in [1.54, 1.807) is 6.92 Å². The van der Waals surface area contributed by atoms with Crippen molar-refractivity contribution >= 4 is 38.9 Å². The van der Waals surface area contributed by atoms with Crippen molar-refractivity contribution in [2.45, 2.75) is 37.1 Å². The first-order valence-electron chi connectivity index (χ1n) is 11.4. The lowest BCUT2D eigenvalue weighted by atomic mass is 10.1. The Morgan fingerprint density at radius 2 is 1.56 bits per heavy atom. The number of amides is 1. The number of piperidine rings is 1. The minimum absolute atomic E-state index is 0.131. The molecule has 1 heterocycles. The van der Waals surface area contributed by atoms with Gasteiger partial charge in [-0.15, -0.1) is 0 Å². The summed E-state index contributed by atoms with van der Waals surface area (Å²) in [5.41, 5.74) is 3.28. The molecule has 34 heavy (non-hydrogen) atoms. The number of hydrogen-bond acceptors (Lipinski definition) is 4. The standard InChI is InChI=1S/C26H28ClN3O3S/c1-19(28-22-12-10-21(11-13-22)20-8-4-2-5-9-20)26(31)29-25-18-23(14-15-24(25)27)34(32,33)30-16-6-3-7-17-30/h2,4-5,8-15,18-19,28H,3,6-7,16-17H2,1H3,(H,29,31). The normalized spacial score (nSPS) is 15.5. The number of benzene rings is 3. The molecule has 1 atom stereocenters. The lowest BCUT2D eigenvalue weighted by molar-refractivity contribution is -0.116. The van der Waals surface area contributed by atoms with Crippen molar-refractivity contribution in [1.29, 1.82) is 0 Å². The van der Waals surface area contributed by atoms with E-state index in [1.807, 2.05) is 54.6 Å². The van der Waals surface area contributed by atoms with Crippen LogP contribution in [0, 0.1) is 0 Å². The second kappa shape index (κ2) is 10.6. The van der Waals surface area contributed by atoms with E-state index in [2.05, 4.69) is 10.6 Å². The zero-order chi connectivity index (χ0) is 24.1. The minimum atomic E-state index is -3.63. The van der Waals surface area contributed by atoms with E-state index < -0.39 is 16.1 Å². The van der Waals surface area contributed by atoms with Gasteiger partial charge in [0.15, 0.2) is 0 Å². The molecule has 6 nitrogen and oxygen atoms in total. The number of nitrogens with zero attached hydrogens (tertiary/aromatic N) is 1. The van der Waals surface area contributed by atoms with Gasteiger partial charge in [-0.25, -0.2) is 8.42 Å². The highest BCUT2D eigenvalue weighted by atomic mass is 35.5. The summed E-state index contributed by atoms with van der Waals surface area (Å²) in [6.07, 6.45) is 2.74. The van der Waals surface area contributed by atoms with E-state index >= 15 is 0 Å². The average molecular weight is 498 g/mol. The molecule has 1 saturated heterocycles. The number of nitrogens with one attached hydrogen (secondary N) is 2.